The van der Waals surface area contributed by atoms with E-state index in [4.69, 9.17) is 4.74 Å². The Hall–Kier alpha value is -2.04. The fourth-order valence-electron chi connectivity index (χ4n) is 1.72. The molecule has 0 unspecified atom stereocenters. The van der Waals surface area contributed by atoms with E-state index in [-0.39, 0.29) is 23.5 Å². The maximum atomic E-state index is 13.8. The van der Waals surface area contributed by atoms with Gasteiger partial charge in [-0.1, -0.05) is 12.1 Å². The van der Waals surface area contributed by atoms with E-state index in [1.165, 1.54) is 18.2 Å². The van der Waals surface area contributed by atoms with Gasteiger partial charge < -0.3 is 4.74 Å². The molecule has 0 aliphatic heterocycles. The third-order valence-corrected chi connectivity index (χ3v) is 2.59. The molecule has 0 aliphatic rings. The Morgan fingerprint density at radius 2 is 1.53 bits per heavy atom. The van der Waals surface area contributed by atoms with Gasteiger partial charge in [0.2, 0.25) is 5.82 Å². The second-order valence-electron chi connectivity index (χ2n) is 3.77. The highest BCUT2D eigenvalue weighted by Gasteiger charge is 2.19. The Kier molecular flexibility index (Phi) is 3.74. The first-order valence-electron chi connectivity index (χ1n) is 5.61. The first kappa shape index (κ1) is 13.4. The predicted octanol–water partition coefficient (Wildman–Crippen LogP) is 4.31. The van der Waals surface area contributed by atoms with Crippen molar-refractivity contribution >= 4 is 0 Å². The zero-order valence-electron chi connectivity index (χ0n) is 10.0. The lowest BCUT2D eigenvalue weighted by atomic mass is 10.0. The van der Waals surface area contributed by atoms with Crippen LogP contribution in [-0.2, 0) is 0 Å². The standard InChI is InChI=1S/C14H10F4O/c1-2-19-11-7-6-9(13(17)14(11)18)8-4-3-5-10(15)12(8)16/h3-7H,2H2,1H3. The van der Waals surface area contributed by atoms with Crippen molar-refractivity contribution in [2.24, 2.45) is 0 Å². The van der Waals surface area contributed by atoms with Crippen molar-refractivity contribution in [2.45, 2.75) is 6.92 Å². The SMILES string of the molecule is CCOc1ccc(-c2cccc(F)c2F)c(F)c1F. The predicted molar refractivity (Wildman–Crippen MR) is 62.9 cm³/mol. The molecular formula is C14H10F4O. The van der Waals surface area contributed by atoms with E-state index >= 15 is 0 Å². The highest BCUT2D eigenvalue weighted by atomic mass is 19.2. The molecule has 0 spiro atoms. The summed E-state index contributed by atoms with van der Waals surface area (Å²) in [5.74, 6) is -5.09. The maximum Gasteiger partial charge on any atom is 0.201 e. The minimum atomic E-state index is -1.27. The molecule has 0 aliphatic carbocycles. The van der Waals surface area contributed by atoms with Gasteiger partial charge in [-0.2, -0.15) is 4.39 Å². The molecule has 0 heterocycles. The molecule has 0 N–H and O–H groups in total. The Morgan fingerprint density at radius 3 is 2.21 bits per heavy atom. The van der Waals surface area contributed by atoms with Crippen LogP contribution in [0.1, 0.15) is 6.92 Å². The summed E-state index contributed by atoms with van der Waals surface area (Å²) in [4.78, 5) is 0. The molecule has 0 amide bonds. The van der Waals surface area contributed by atoms with E-state index in [2.05, 4.69) is 0 Å². The van der Waals surface area contributed by atoms with Gasteiger partial charge in [-0.3, -0.25) is 0 Å². The molecule has 0 atom stereocenters. The van der Waals surface area contributed by atoms with E-state index in [9.17, 15) is 17.6 Å². The largest absolute Gasteiger partial charge is 0.491 e. The van der Waals surface area contributed by atoms with Crippen LogP contribution in [0.3, 0.4) is 0 Å². The van der Waals surface area contributed by atoms with E-state index in [0.29, 0.717) is 0 Å². The van der Waals surface area contributed by atoms with Gasteiger partial charge in [-0.05, 0) is 25.1 Å². The molecule has 0 bridgehead atoms. The van der Waals surface area contributed by atoms with Crippen LogP contribution in [0.25, 0.3) is 11.1 Å². The normalized spacial score (nSPS) is 10.6. The molecule has 19 heavy (non-hydrogen) atoms. The summed E-state index contributed by atoms with van der Waals surface area (Å²) in [7, 11) is 0. The third-order valence-electron chi connectivity index (χ3n) is 2.59. The van der Waals surface area contributed by atoms with Crippen molar-refractivity contribution < 1.29 is 22.3 Å². The Morgan fingerprint density at radius 1 is 0.842 bits per heavy atom. The van der Waals surface area contributed by atoms with E-state index < -0.39 is 23.3 Å². The van der Waals surface area contributed by atoms with Gasteiger partial charge in [0.25, 0.3) is 0 Å². The average molecular weight is 270 g/mol. The van der Waals surface area contributed by atoms with Gasteiger partial charge in [0.05, 0.1) is 6.61 Å². The van der Waals surface area contributed by atoms with Crippen molar-refractivity contribution in [3.05, 3.63) is 53.6 Å². The second-order valence-corrected chi connectivity index (χ2v) is 3.77. The number of rotatable bonds is 3. The lowest BCUT2D eigenvalue weighted by Gasteiger charge is -2.10. The van der Waals surface area contributed by atoms with Crippen LogP contribution in [0.4, 0.5) is 17.6 Å². The smallest absolute Gasteiger partial charge is 0.201 e. The zero-order chi connectivity index (χ0) is 14.0. The molecule has 0 fully saturated rings. The van der Waals surface area contributed by atoms with Crippen LogP contribution in [0.2, 0.25) is 0 Å². The molecule has 2 aromatic rings. The summed E-state index contributed by atoms with van der Waals surface area (Å²) in [6, 6.07) is 5.64. The summed E-state index contributed by atoms with van der Waals surface area (Å²) in [5.41, 5.74) is -0.683. The van der Waals surface area contributed by atoms with E-state index in [1.54, 1.807) is 6.92 Å². The van der Waals surface area contributed by atoms with Crippen LogP contribution < -0.4 is 4.74 Å². The summed E-state index contributed by atoms with van der Waals surface area (Å²) in [5, 5.41) is 0. The zero-order valence-corrected chi connectivity index (χ0v) is 10.0. The Bertz CT molecular complexity index is 611. The summed E-state index contributed by atoms with van der Waals surface area (Å²) in [6.45, 7) is 1.79. The average Bonchev–Trinajstić information content (AvgIpc) is 2.39. The number of hydrogen-bond donors (Lipinski definition) is 0. The molecule has 5 heteroatoms. The molecule has 2 rings (SSSR count). The fourth-order valence-corrected chi connectivity index (χ4v) is 1.72. The number of benzene rings is 2. The first-order chi connectivity index (χ1) is 9.06. The van der Waals surface area contributed by atoms with Gasteiger partial charge in [0.15, 0.2) is 23.2 Å². The molecule has 0 saturated heterocycles. The quantitative estimate of drug-likeness (QED) is 0.755. The van der Waals surface area contributed by atoms with E-state index in [1.807, 2.05) is 0 Å². The molecule has 0 aromatic heterocycles. The van der Waals surface area contributed by atoms with Gasteiger partial charge in [0, 0.05) is 11.1 Å². The van der Waals surface area contributed by atoms with Crippen molar-refractivity contribution in [1.29, 1.82) is 0 Å². The number of ether oxygens (including phenoxy) is 1. The van der Waals surface area contributed by atoms with E-state index in [0.717, 1.165) is 12.1 Å². The van der Waals surface area contributed by atoms with Crippen molar-refractivity contribution in [3.63, 3.8) is 0 Å². The lowest BCUT2D eigenvalue weighted by Crippen LogP contribution is -1.99. The Balaban J connectivity index is 2.58. The highest BCUT2D eigenvalue weighted by Crippen LogP contribution is 2.31. The first-order valence-corrected chi connectivity index (χ1v) is 5.61. The topological polar surface area (TPSA) is 9.23 Å². The molecule has 1 nitrogen and oxygen atoms in total. The van der Waals surface area contributed by atoms with Crippen LogP contribution >= 0.6 is 0 Å². The summed E-state index contributed by atoms with van der Waals surface area (Å²) in [6.07, 6.45) is 0. The highest BCUT2D eigenvalue weighted by molar-refractivity contribution is 5.66. The van der Waals surface area contributed by atoms with Gasteiger partial charge in [0.1, 0.15) is 0 Å². The molecule has 100 valence electrons. The minimum absolute atomic E-state index is 0.171. The van der Waals surface area contributed by atoms with Crippen LogP contribution in [-0.4, -0.2) is 6.61 Å². The van der Waals surface area contributed by atoms with Gasteiger partial charge >= 0.3 is 0 Å². The summed E-state index contributed by atoms with van der Waals surface area (Å²) < 4.78 is 59.0. The number of hydrogen-bond acceptors (Lipinski definition) is 1. The second kappa shape index (κ2) is 5.30. The minimum Gasteiger partial charge on any atom is -0.491 e. The Labute approximate surface area is 107 Å². The molecule has 0 saturated carbocycles. The third kappa shape index (κ3) is 2.41. The van der Waals surface area contributed by atoms with Crippen LogP contribution in [0.15, 0.2) is 30.3 Å². The molecular weight excluding hydrogens is 260 g/mol. The molecule has 2 aromatic carbocycles. The maximum absolute atomic E-state index is 13.8. The van der Waals surface area contributed by atoms with Crippen molar-refractivity contribution in [1.82, 2.24) is 0 Å². The summed E-state index contributed by atoms with van der Waals surface area (Å²) >= 11 is 0. The van der Waals surface area contributed by atoms with Crippen molar-refractivity contribution in [3.8, 4) is 16.9 Å². The fraction of sp³-hybridized carbons (Fsp3) is 0.143. The van der Waals surface area contributed by atoms with Gasteiger partial charge in [-0.15, -0.1) is 0 Å². The van der Waals surface area contributed by atoms with Gasteiger partial charge in [-0.25, -0.2) is 13.2 Å². The monoisotopic (exact) mass is 270 g/mol. The lowest BCUT2D eigenvalue weighted by molar-refractivity contribution is 0.314. The van der Waals surface area contributed by atoms with Crippen molar-refractivity contribution in [2.75, 3.05) is 6.61 Å². The number of halogens is 4. The van der Waals surface area contributed by atoms with Crippen LogP contribution in [0, 0.1) is 23.3 Å². The molecule has 0 radical (unpaired) electrons. The van der Waals surface area contributed by atoms with Crippen LogP contribution in [0.5, 0.6) is 5.75 Å².